The standard InChI is InChI=1S/C32H43N3O3/c1-30(2,3)28(36)35-23-18-32(38-25-35,27-12-8-5-9-13-27)17-21-33-19-14-31(15-20-33)16-22-34(29(31)37)24-26-10-6-4-7-11-26/h4-13H,14-25H2,1-3H3. The van der Waals surface area contributed by atoms with Gasteiger partial charge in [-0.05, 0) is 56.3 Å². The molecule has 38 heavy (non-hydrogen) atoms. The number of rotatable bonds is 6. The van der Waals surface area contributed by atoms with E-state index in [2.05, 4.69) is 46.2 Å². The molecule has 0 radical (unpaired) electrons. The van der Waals surface area contributed by atoms with Gasteiger partial charge in [0.15, 0.2) is 0 Å². The van der Waals surface area contributed by atoms with Gasteiger partial charge in [0.25, 0.3) is 0 Å². The molecule has 1 atom stereocenters. The highest BCUT2D eigenvalue weighted by Gasteiger charge is 2.48. The summed E-state index contributed by atoms with van der Waals surface area (Å²) in [6, 6.07) is 20.8. The Balaban J connectivity index is 1.19. The highest BCUT2D eigenvalue weighted by molar-refractivity contribution is 5.85. The summed E-state index contributed by atoms with van der Waals surface area (Å²) < 4.78 is 6.57. The number of hydrogen-bond donors (Lipinski definition) is 0. The van der Waals surface area contributed by atoms with Gasteiger partial charge in [0.05, 0.1) is 11.0 Å². The highest BCUT2D eigenvalue weighted by Crippen LogP contribution is 2.43. The number of nitrogens with zero attached hydrogens (tertiary/aromatic N) is 3. The monoisotopic (exact) mass is 517 g/mol. The number of hydrogen-bond acceptors (Lipinski definition) is 4. The summed E-state index contributed by atoms with van der Waals surface area (Å²) in [7, 11) is 0. The van der Waals surface area contributed by atoms with E-state index in [1.807, 2.05) is 49.9 Å². The third-order valence-electron chi connectivity index (χ3n) is 8.97. The van der Waals surface area contributed by atoms with Crippen molar-refractivity contribution >= 4 is 11.8 Å². The lowest BCUT2D eigenvalue weighted by atomic mass is 9.76. The molecule has 0 N–H and O–H groups in total. The molecule has 1 spiro atoms. The Morgan fingerprint density at radius 1 is 0.868 bits per heavy atom. The quantitative estimate of drug-likeness (QED) is 0.539. The van der Waals surface area contributed by atoms with E-state index in [9.17, 15) is 9.59 Å². The van der Waals surface area contributed by atoms with Crippen molar-refractivity contribution in [2.75, 3.05) is 39.5 Å². The summed E-state index contributed by atoms with van der Waals surface area (Å²) in [6.45, 7) is 11.3. The van der Waals surface area contributed by atoms with Gasteiger partial charge in [0.2, 0.25) is 11.8 Å². The Morgan fingerprint density at radius 3 is 2.11 bits per heavy atom. The average molecular weight is 518 g/mol. The molecule has 6 heteroatoms. The van der Waals surface area contributed by atoms with Gasteiger partial charge in [-0.3, -0.25) is 9.59 Å². The Kier molecular flexibility index (Phi) is 7.65. The third kappa shape index (κ3) is 5.52. The summed E-state index contributed by atoms with van der Waals surface area (Å²) in [4.78, 5) is 32.7. The van der Waals surface area contributed by atoms with Gasteiger partial charge in [-0.15, -0.1) is 0 Å². The fourth-order valence-electron chi connectivity index (χ4n) is 6.45. The normalized spacial score (nSPS) is 24.2. The van der Waals surface area contributed by atoms with Crippen LogP contribution in [0.1, 0.15) is 64.0 Å². The average Bonchev–Trinajstić information content (AvgIpc) is 3.23. The minimum absolute atomic E-state index is 0.142. The van der Waals surface area contributed by atoms with Gasteiger partial charge in [-0.25, -0.2) is 0 Å². The lowest BCUT2D eigenvalue weighted by Gasteiger charge is -2.45. The first-order chi connectivity index (χ1) is 18.2. The maximum Gasteiger partial charge on any atom is 0.229 e. The molecule has 204 valence electrons. The van der Waals surface area contributed by atoms with Crippen molar-refractivity contribution in [1.29, 1.82) is 0 Å². The second-order valence-electron chi connectivity index (χ2n) is 12.5. The van der Waals surface area contributed by atoms with Gasteiger partial charge in [-0.2, -0.15) is 0 Å². The zero-order valence-corrected chi connectivity index (χ0v) is 23.3. The summed E-state index contributed by atoms with van der Waals surface area (Å²) in [5, 5.41) is 0. The fourth-order valence-corrected chi connectivity index (χ4v) is 6.45. The van der Waals surface area contributed by atoms with E-state index in [-0.39, 0.29) is 16.9 Å². The Morgan fingerprint density at radius 2 is 1.50 bits per heavy atom. The summed E-state index contributed by atoms with van der Waals surface area (Å²) in [5.74, 6) is 0.490. The molecule has 2 amide bonds. The molecule has 2 aromatic rings. The van der Waals surface area contributed by atoms with Gasteiger partial charge in [0.1, 0.15) is 6.73 Å². The van der Waals surface area contributed by atoms with Crippen molar-refractivity contribution in [2.24, 2.45) is 10.8 Å². The zero-order chi connectivity index (χ0) is 26.8. The molecule has 0 saturated carbocycles. The van der Waals surface area contributed by atoms with Crippen LogP contribution in [-0.4, -0.2) is 66.0 Å². The van der Waals surface area contributed by atoms with Crippen LogP contribution >= 0.6 is 0 Å². The fraction of sp³-hybridized carbons (Fsp3) is 0.562. The topological polar surface area (TPSA) is 53.1 Å². The van der Waals surface area contributed by atoms with Crippen molar-refractivity contribution in [2.45, 2.75) is 65.0 Å². The molecule has 3 aliphatic heterocycles. The molecule has 3 saturated heterocycles. The van der Waals surface area contributed by atoms with E-state index in [1.165, 1.54) is 11.1 Å². The second-order valence-corrected chi connectivity index (χ2v) is 12.5. The maximum absolute atomic E-state index is 13.4. The number of benzene rings is 2. The van der Waals surface area contributed by atoms with Crippen LogP contribution in [0.4, 0.5) is 0 Å². The first-order valence-electron chi connectivity index (χ1n) is 14.3. The van der Waals surface area contributed by atoms with E-state index >= 15 is 0 Å². The van der Waals surface area contributed by atoms with E-state index in [1.54, 1.807) is 0 Å². The van der Waals surface area contributed by atoms with Crippen LogP contribution in [0.2, 0.25) is 0 Å². The number of likely N-dealkylation sites (tertiary alicyclic amines) is 2. The Hall–Kier alpha value is -2.70. The SMILES string of the molecule is CC(C)(C)C(=O)N1CCC(CCN2CCC3(CC2)CCN(Cc2ccccc2)C3=O)(c2ccccc2)OC1. The van der Waals surface area contributed by atoms with Crippen molar-refractivity contribution < 1.29 is 14.3 Å². The highest BCUT2D eigenvalue weighted by atomic mass is 16.5. The van der Waals surface area contributed by atoms with Gasteiger partial charge in [0, 0.05) is 31.6 Å². The van der Waals surface area contributed by atoms with Gasteiger partial charge < -0.3 is 19.4 Å². The molecule has 6 nitrogen and oxygen atoms in total. The van der Waals surface area contributed by atoms with Crippen LogP contribution in [0.3, 0.4) is 0 Å². The third-order valence-corrected chi connectivity index (χ3v) is 8.97. The number of ether oxygens (including phenoxy) is 1. The van der Waals surface area contributed by atoms with Crippen LogP contribution in [0.25, 0.3) is 0 Å². The van der Waals surface area contributed by atoms with E-state index in [4.69, 9.17) is 4.74 Å². The zero-order valence-electron chi connectivity index (χ0n) is 23.3. The van der Waals surface area contributed by atoms with Crippen LogP contribution in [0, 0.1) is 10.8 Å². The van der Waals surface area contributed by atoms with Crippen LogP contribution in [0.15, 0.2) is 60.7 Å². The molecule has 0 aromatic heterocycles. The molecule has 5 rings (SSSR count). The minimum Gasteiger partial charge on any atom is -0.350 e. The van der Waals surface area contributed by atoms with Gasteiger partial charge in [-0.1, -0.05) is 81.4 Å². The second kappa shape index (κ2) is 10.8. The summed E-state index contributed by atoms with van der Waals surface area (Å²) in [6.07, 6.45) is 4.52. The van der Waals surface area contributed by atoms with Crippen molar-refractivity contribution in [3.05, 3.63) is 71.8 Å². The van der Waals surface area contributed by atoms with Crippen LogP contribution < -0.4 is 0 Å². The smallest absolute Gasteiger partial charge is 0.229 e. The number of carbonyl (C=O) groups is 2. The lowest BCUT2D eigenvalue weighted by Crippen LogP contribution is -2.51. The first-order valence-corrected chi connectivity index (χ1v) is 14.3. The maximum atomic E-state index is 13.4. The number of piperidine rings is 1. The minimum atomic E-state index is -0.409. The van der Waals surface area contributed by atoms with Crippen LogP contribution in [0.5, 0.6) is 0 Å². The molecule has 3 aliphatic rings. The predicted molar refractivity (Wildman–Crippen MR) is 149 cm³/mol. The largest absolute Gasteiger partial charge is 0.350 e. The van der Waals surface area contributed by atoms with E-state index in [0.29, 0.717) is 19.2 Å². The molecule has 1 unspecified atom stereocenters. The Bertz CT molecular complexity index is 1100. The molecule has 2 aromatic carbocycles. The predicted octanol–water partition coefficient (Wildman–Crippen LogP) is 5.04. The van der Waals surface area contributed by atoms with E-state index < -0.39 is 5.41 Å². The van der Waals surface area contributed by atoms with Crippen LogP contribution in [-0.2, 0) is 26.5 Å². The van der Waals surface area contributed by atoms with Crippen molar-refractivity contribution in [1.82, 2.24) is 14.7 Å². The summed E-state index contributed by atoms with van der Waals surface area (Å²) in [5.41, 5.74) is 1.42. The van der Waals surface area contributed by atoms with E-state index in [0.717, 1.165) is 64.8 Å². The molecular weight excluding hydrogens is 474 g/mol. The molecule has 3 fully saturated rings. The summed E-state index contributed by atoms with van der Waals surface area (Å²) >= 11 is 0. The lowest BCUT2D eigenvalue weighted by molar-refractivity contribution is -0.175. The van der Waals surface area contributed by atoms with Crippen molar-refractivity contribution in [3.8, 4) is 0 Å². The molecule has 0 bridgehead atoms. The van der Waals surface area contributed by atoms with Gasteiger partial charge >= 0.3 is 0 Å². The molecular formula is C32H43N3O3. The van der Waals surface area contributed by atoms with Crippen molar-refractivity contribution in [3.63, 3.8) is 0 Å². The first kappa shape index (κ1) is 26.9. The number of carbonyl (C=O) groups excluding carboxylic acids is 2. The molecule has 3 heterocycles. The molecule has 0 aliphatic carbocycles. The number of amides is 2. The Labute approximate surface area is 227 Å².